The van der Waals surface area contributed by atoms with Crippen molar-refractivity contribution in [3.8, 4) is 0 Å². The molecule has 0 saturated heterocycles. The van der Waals surface area contributed by atoms with Crippen molar-refractivity contribution in [3.63, 3.8) is 0 Å². The van der Waals surface area contributed by atoms with E-state index in [2.05, 4.69) is 33.0 Å². The summed E-state index contributed by atoms with van der Waals surface area (Å²) in [5.41, 5.74) is 5.86. The second kappa shape index (κ2) is 5.36. The van der Waals surface area contributed by atoms with Gasteiger partial charge in [0.1, 0.15) is 0 Å². The average Bonchev–Trinajstić information content (AvgIpc) is 2.22. The fourth-order valence-corrected chi connectivity index (χ4v) is 2.42. The molecule has 3 atom stereocenters. The number of carbonyl (C=O) groups excluding carboxylic acids is 1. The topological polar surface area (TPSA) is 64.3 Å². The van der Waals surface area contributed by atoms with Gasteiger partial charge in [-0.2, -0.15) is 0 Å². The van der Waals surface area contributed by atoms with Gasteiger partial charge in [-0.1, -0.05) is 27.7 Å². The van der Waals surface area contributed by atoms with Gasteiger partial charge in [-0.3, -0.25) is 4.79 Å². The van der Waals surface area contributed by atoms with E-state index in [9.17, 15) is 4.79 Å². The molecule has 4 nitrogen and oxygen atoms in total. The lowest BCUT2D eigenvalue weighted by Gasteiger charge is -2.51. The van der Waals surface area contributed by atoms with Crippen molar-refractivity contribution >= 4 is 5.91 Å². The zero-order valence-electron chi connectivity index (χ0n) is 11.6. The molecule has 0 spiro atoms. The molecule has 0 aliphatic heterocycles. The van der Waals surface area contributed by atoms with E-state index in [0.29, 0.717) is 5.92 Å². The standard InChI is InChI=1S/C13H26N2O2/c1-8(2)6-9(14)12(16)15-10-7-11(17-5)13(10,3)4/h8-11H,6-7,14H2,1-5H3,(H,15,16)/t9-,10?,11?/m1/s1. The molecule has 0 aromatic heterocycles. The summed E-state index contributed by atoms with van der Waals surface area (Å²) >= 11 is 0. The number of nitrogens with two attached hydrogens (primary N) is 1. The minimum atomic E-state index is -0.396. The Bertz CT molecular complexity index is 277. The Morgan fingerprint density at radius 2 is 2.12 bits per heavy atom. The van der Waals surface area contributed by atoms with E-state index in [-0.39, 0.29) is 23.5 Å². The van der Waals surface area contributed by atoms with Gasteiger partial charge >= 0.3 is 0 Å². The molecule has 1 aliphatic rings. The molecule has 0 radical (unpaired) electrons. The van der Waals surface area contributed by atoms with Crippen LogP contribution >= 0.6 is 0 Å². The lowest BCUT2D eigenvalue weighted by molar-refractivity contribution is -0.134. The highest BCUT2D eigenvalue weighted by Gasteiger charge is 2.49. The lowest BCUT2D eigenvalue weighted by Crippen LogP contribution is -2.63. The van der Waals surface area contributed by atoms with E-state index in [0.717, 1.165) is 12.8 Å². The number of ether oxygens (including phenoxy) is 1. The molecule has 100 valence electrons. The van der Waals surface area contributed by atoms with Crippen molar-refractivity contribution in [2.75, 3.05) is 7.11 Å². The monoisotopic (exact) mass is 242 g/mol. The molecule has 0 heterocycles. The molecule has 0 aromatic rings. The van der Waals surface area contributed by atoms with Crippen LogP contribution in [0.15, 0.2) is 0 Å². The predicted octanol–water partition coefficient (Wildman–Crippen LogP) is 1.29. The smallest absolute Gasteiger partial charge is 0.237 e. The first-order valence-electron chi connectivity index (χ1n) is 6.37. The lowest BCUT2D eigenvalue weighted by atomic mass is 9.64. The maximum atomic E-state index is 11.9. The van der Waals surface area contributed by atoms with E-state index in [1.807, 2.05) is 0 Å². The number of rotatable bonds is 5. The zero-order valence-corrected chi connectivity index (χ0v) is 11.6. The van der Waals surface area contributed by atoms with Crippen LogP contribution in [0.4, 0.5) is 0 Å². The summed E-state index contributed by atoms with van der Waals surface area (Å²) in [4.78, 5) is 11.9. The third kappa shape index (κ3) is 3.19. The van der Waals surface area contributed by atoms with Crippen LogP contribution in [-0.4, -0.2) is 31.2 Å². The Morgan fingerprint density at radius 1 is 1.53 bits per heavy atom. The van der Waals surface area contributed by atoms with Crippen molar-refractivity contribution in [1.29, 1.82) is 0 Å². The number of amides is 1. The first kappa shape index (κ1) is 14.5. The van der Waals surface area contributed by atoms with Crippen LogP contribution in [0.1, 0.15) is 40.5 Å². The minimum Gasteiger partial charge on any atom is -0.381 e. The molecular formula is C13H26N2O2. The van der Waals surface area contributed by atoms with Crippen molar-refractivity contribution in [3.05, 3.63) is 0 Å². The maximum Gasteiger partial charge on any atom is 0.237 e. The second-order valence-corrected chi connectivity index (χ2v) is 6.08. The Labute approximate surface area is 104 Å². The molecule has 17 heavy (non-hydrogen) atoms. The second-order valence-electron chi connectivity index (χ2n) is 6.08. The van der Waals surface area contributed by atoms with E-state index in [1.54, 1.807) is 7.11 Å². The Balaban J connectivity index is 2.43. The van der Waals surface area contributed by atoms with Gasteiger partial charge in [0.15, 0.2) is 0 Å². The van der Waals surface area contributed by atoms with Crippen molar-refractivity contribution in [2.24, 2.45) is 17.1 Å². The van der Waals surface area contributed by atoms with Gasteiger partial charge in [0, 0.05) is 18.6 Å². The van der Waals surface area contributed by atoms with Gasteiger partial charge in [0.05, 0.1) is 12.1 Å². The molecule has 3 N–H and O–H groups in total. The predicted molar refractivity (Wildman–Crippen MR) is 68.6 cm³/mol. The summed E-state index contributed by atoms with van der Waals surface area (Å²) < 4.78 is 5.36. The average molecular weight is 242 g/mol. The van der Waals surface area contributed by atoms with Crippen molar-refractivity contribution in [2.45, 2.75) is 58.7 Å². The van der Waals surface area contributed by atoms with Gasteiger partial charge in [-0.05, 0) is 18.8 Å². The largest absolute Gasteiger partial charge is 0.381 e. The van der Waals surface area contributed by atoms with E-state index < -0.39 is 6.04 Å². The Morgan fingerprint density at radius 3 is 2.53 bits per heavy atom. The SMILES string of the molecule is COC1CC(NC(=O)[C@H](N)CC(C)C)C1(C)C. The summed E-state index contributed by atoms with van der Waals surface area (Å²) in [5.74, 6) is 0.406. The fraction of sp³-hybridized carbons (Fsp3) is 0.923. The number of methoxy groups -OCH3 is 1. The summed E-state index contributed by atoms with van der Waals surface area (Å²) in [6.45, 7) is 8.37. The summed E-state index contributed by atoms with van der Waals surface area (Å²) in [5, 5.41) is 3.03. The highest BCUT2D eigenvalue weighted by Crippen LogP contribution is 2.42. The number of hydrogen-bond donors (Lipinski definition) is 2. The van der Waals surface area contributed by atoms with Gasteiger partial charge in [0.2, 0.25) is 5.91 Å². The van der Waals surface area contributed by atoms with Crippen LogP contribution in [0, 0.1) is 11.3 Å². The Hall–Kier alpha value is -0.610. The summed E-state index contributed by atoms with van der Waals surface area (Å²) in [6, 6.07) is -0.217. The highest BCUT2D eigenvalue weighted by atomic mass is 16.5. The molecule has 1 fully saturated rings. The molecule has 1 rings (SSSR count). The number of hydrogen-bond acceptors (Lipinski definition) is 3. The van der Waals surface area contributed by atoms with Crippen LogP contribution < -0.4 is 11.1 Å². The number of nitrogens with one attached hydrogen (secondary N) is 1. The molecular weight excluding hydrogens is 216 g/mol. The first-order chi connectivity index (χ1) is 7.78. The third-order valence-corrected chi connectivity index (χ3v) is 3.84. The van der Waals surface area contributed by atoms with E-state index in [1.165, 1.54) is 0 Å². The molecule has 0 aromatic carbocycles. The molecule has 4 heteroatoms. The number of carbonyl (C=O) groups is 1. The fourth-order valence-electron chi connectivity index (χ4n) is 2.42. The molecule has 0 bridgehead atoms. The van der Waals surface area contributed by atoms with Crippen LogP contribution in [0.25, 0.3) is 0 Å². The van der Waals surface area contributed by atoms with Crippen LogP contribution in [0.2, 0.25) is 0 Å². The molecule has 1 aliphatic carbocycles. The van der Waals surface area contributed by atoms with Crippen molar-refractivity contribution in [1.82, 2.24) is 5.32 Å². The summed E-state index contributed by atoms with van der Waals surface area (Å²) in [7, 11) is 1.72. The van der Waals surface area contributed by atoms with Crippen molar-refractivity contribution < 1.29 is 9.53 Å². The van der Waals surface area contributed by atoms with E-state index >= 15 is 0 Å². The quantitative estimate of drug-likeness (QED) is 0.763. The van der Waals surface area contributed by atoms with Crippen LogP contribution in [0.5, 0.6) is 0 Å². The molecule has 2 unspecified atom stereocenters. The van der Waals surface area contributed by atoms with Gasteiger partial charge in [-0.25, -0.2) is 0 Å². The highest BCUT2D eigenvalue weighted by molar-refractivity contribution is 5.82. The zero-order chi connectivity index (χ0) is 13.2. The third-order valence-electron chi connectivity index (χ3n) is 3.84. The van der Waals surface area contributed by atoms with Gasteiger partial charge in [0.25, 0.3) is 0 Å². The van der Waals surface area contributed by atoms with Crippen LogP contribution in [0.3, 0.4) is 0 Å². The Kier molecular flexibility index (Phi) is 4.55. The molecule has 1 saturated carbocycles. The normalized spacial score (nSPS) is 28.6. The molecule has 1 amide bonds. The maximum absolute atomic E-state index is 11.9. The summed E-state index contributed by atoms with van der Waals surface area (Å²) in [6.07, 6.45) is 1.84. The van der Waals surface area contributed by atoms with E-state index in [4.69, 9.17) is 10.5 Å². The minimum absolute atomic E-state index is 0.00195. The van der Waals surface area contributed by atoms with Crippen LogP contribution in [-0.2, 0) is 9.53 Å². The van der Waals surface area contributed by atoms with Gasteiger partial charge in [-0.15, -0.1) is 0 Å². The first-order valence-corrected chi connectivity index (χ1v) is 6.37. The van der Waals surface area contributed by atoms with Gasteiger partial charge < -0.3 is 15.8 Å².